The summed E-state index contributed by atoms with van der Waals surface area (Å²) in [6, 6.07) is 7.54. The second kappa shape index (κ2) is 4.58. The number of nitrogens with zero attached hydrogens (tertiary/aromatic N) is 2. The molecule has 0 amide bonds. The molecule has 0 unspecified atom stereocenters. The van der Waals surface area contributed by atoms with E-state index in [9.17, 15) is 8.42 Å². The fourth-order valence-corrected chi connectivity index (χ4v) is 4.87. The number of para-hydroxylation sites is 1. The molecule has 108 valence electrons. The van der Waals surface area contributed by atoms with Crippen molar-refractivity contribution in [3.05, 3.63) is 30.0 Å². The van der Waals surface area contributed by atoms with Gasteiger partial charge in [0, 0.05) is 42.8 Å². The van der Waals surface area contributed by atoms with E-state index >= 15 is 0 Å². The first-order valence-corrected chi connectivity index (χ1v) is 8.16. The number of aryl methyl sites for hydroxylation is 1. The molecule has 3 rings (SSSR count). The van der Waals surface area contributed by atoms with Gasteiger partial charge in [0.2, 0.25) is 10.0 Å². The number of sulfonamides is 1. The highest BCUT2D eigenvalue weighted by molar-refractivity contribution is 7.89. The summed E-state index contributed by atoms with van der Waals surface area (Å²) < 4.78 is 29.2. The molecule has 2 aromatic rings. The Morgan fingerprint density at radius 2 is 2.00 bits per heavy atom. The van der Waals surface area contributed by atoms with Gasteiger partial charge >= 0.3 is 0 Å². The summed E-state index contributed by atoms with van der Waals surface area (Å²) in [6.45, 7) is 2.76. The molecule has 5 nitrogen and oxygen atoms in total. The number of aromatic nitrogens is 1. The van der Waals surface area contributed by atoms with Crippen molar-refractivity contribution >= 4 is 20.9 Å². The van der Waals surface area contributed by atoms with Crippen LogP contribution in [-0.2, 0) is 17.1 Å². The van der Waals surface area contributed by atoms with Gasteiger partial charge in [0.25, 0.3) is 0 Å². The Labute approximate surface area is 119 Å². The predicted octanol–water partition coefficient (Wildman–Crippen LogP) is 1.21. The van der Waals surface area contributed by atoms with Crippen LogP contribution in [0.1, 0.15) is 12.1 Å². The van der Waals surface area contributed by atoms with Crippen LogP contribution in [0.25, 0.3) is 10.9 Å². The van der Waals surface area contributed by atoms with Gasteiger partial charge in [-0.15, -0.1) is 0 Å². The quantitative estimate of drug-likeness (QED) is 0.905. The highest BCUT2D eigenvalue weighted by Crippen LogP contribution is 2.32. The van der Waals surface area contributed by atoms with Crippen LogP contribution in [-0.4, -0.2) is 36.4 Å². The van der Waals surface area contributed by atoms with Crippen LogP contribution in [0.2, 0.25) is 0 Å². The molecule has 2 N–H and O–H groups in total. The van der Waals surface area contributed by atoms with E-state index in [4.69, 9.17) is 5.73 Å². The molecule has 1 saturated heterocycles. The molecule has 1 aromatic heterocycles. The zero-order valence-electron chi connectivity index (χ0n) is 11.7. The van der Waals surface area contributed by atoms with Crippen molar-refractivity contribution < 1.29 is 8.42 Å². The molecular formula is C14H19N3O2S. The highest BCUT2D eigenvalue weighted by Gasteiger charge is 2.34. The number of hydrogen-bond donors (Lipinski definition) is 1. The van der Waals surface area contributed by atoms with Crippen molar-refractivity contribution in [1.29, 1.82) is 0 Å². The molecule has 1 fully saturated rings. The Morgan fingerprint density at radius 3 is 2.65 bits per heavy atom. The van der Waals surface area contributed by atoms with Gasteiger partial charge in [0.05, 0.1) is 0 Å². The number of hydrogen-bond acceptors (Lipinski definition) is 3. The van der Waals surface area contributed by atoms with Crippen molar-refractivity contribution in [2.24, 2.45) is 12.8 Å². The van der Waals surface area contributed by atoms with Crippen LogP contribution >= 0.6 is 0 Å². The van der Waals surface area contributed by atoms with Crippen LogP contribution in [0, 0.1) is 6.92 Å². The van der Waals surface area contributed by atoms with Gasteiger partial charge in [-0.25, -0.2) is 8.42 Å². The lowest BCUT2D eigenvalue weighted by atomic mass is 10.2. The Kier molecular flexibility index (Phi) is 3.12. The summed E-state index contributed by atoms with van der Waals surface area (Å²) in [5, 5.41) is 0.785. The Balaban J connectivity index is 2.22. The topological polar surface area (TPSA) is 68.3 Å². The minimum Gasteiger partial charge on any atom is -0.347 e. The average Bonchev–Trinajstić information content (AvgIpc) is 2.95. The molecule has 0 saturated carbocycles. The average molecular weight is 293 g/mol. The summed E-state index contributed by atoms with van der Waals surface area (Å²) in [5.41, 5.74) is 7.55. The Bertz CT molecular complexity index is 764. The molecule has 0 aliphatic carbocycles. The van der Waals surface area contributed by atoms with Gasteiger partial charge < -0.3 is 10.3 Å². The zero-order chi connectivity index (χ0) is 14.5. The standard InChI is InChI=1S/C14H19N3O2S/c1-10-14(12-5-3-4-6-13(12)16(10)2)20(18,19)17-8-7-11(15)9-17/h3-6,11H,7-9,15H2,1-2H3/t11-/m1/s1. The summed E-state index contributed by atoms with van der Waals surface area (Å²) in [4.78, 5) is 0.421. The maximum absolute atomic E-state index is 12.9. The van der Waals surface area contributed by atoms with E-state index < -0.39 is 10.0 Å². The van der Waals surface area contributed by atoms with Crippen LogP contribution in [0.3, 0.4) is 0 Å². The lowest BCUT2D eigenvalue weighted by Crippen LogP contribution is -2.32. The smallest absolute Gasteiger partial charge is 0.245 e. The maximum atomic E-state index is 12.9. The van der Waals surface area contributed by atoms with E-state index in [-0.39, 0.29) is 6.04 Å². The van der Waals surface area contributed by atoms with E-state index in [1.807, 2.05) is 42.8 Å². The van der Waals surface area contributed by atoms with E-state index in [1.54, 1.807) is 0 Å². The van der Waals surface area contributed by atoms with Gasteiger partial charge in [0.15, 0.2) is 0 Å². The van der Waals surface area contributed by atoms with Crippen LogP contribution in [0.5, 0.6) is 0 Å². The molecule has 0 bridgehead atoms. The first-order chi connectivity index (χ1) is 9.43. The molecule has 6 heteroatoms. The first-order valence-electron chi connectivity index (χ1n) is 6.72. The molecule has 2 heterocycles. The SMILES string of the molecule is Cc1c(S(=O)(=O)N2CC[C@@H](N)C2)c2ccccc2n1C. The summed E-state index contributed by atoms with van der Waals surface area (Å²) in [7, 11) is -1.58. The van der Waals surface area contributed by atoms with Crippen LogP contribution < -0.4 is 5.73 Å². The fourth-order valence-electron chi connectivity index (χ4n) is 2.91. The molecule has 0 spiro atoms. The van der Waals surface area contributed by atoms with Crippen molar-refractivity contribution in [1.82, 2.24) is 8.87 Å². The van der Waals surface area contributed by atoms with E-state index in [0.29, 0.717) is 18.0 Å². The van der Waals surface area contributed by atoms with Crippen LogP contribution in [0.4, 0.5) is 0 Å². The number of fused-ring (bicyclic) bond motifs is 1. The summed E-state index contributed by atoms with van der Waals surface area (Å²) >= 11 is 0. The van der Waals surface area contributed by atoms with Gasteiger partial charge in [-0.3, -0.25) is 0 Å². The highest BCUT2D eigenvalue weighted by atomic mass is 32.2. The third-order valence-corrected chi connectivity index (χ3v) is 6.17. The first kappa shape index (κ1) is 13.6. The Hall–Kier alpha value is -1.37. The Morgan fingerprint density at radius 1 is 1.30 bits per heavy atom. The molecule has 0 radical (unpaired) electrons. The molecule has 1 atom stereocenters. The third-order valence-electron chi connectivity index (χ3n) is 4.13. The minimum atomic E-state index is -3.48. The van der Waals surface area contributed by atoms with Crippen molar-refractivity contribution in [3.8, 4) is 0 Å². The van der Waals surface area contributed by atoms with E-state index in [0.717, 1.165) is 23.0 Å². The maximum Gasteiger partial charge on any atom is 0.245 e. The van der Waals surface area contributed by atoms with E-state index in [1.165, 1.54) is 4.31 Å². The summed E-state index contributed by atoms with van der Waals surface area (Å²) in [5.74, 6) is 0. The van der Waals surface area contributed by atoms with Crippen molar-refractivity contribution in [2.45, 2.75) is 24.3 Å². The van der Waals surface area contributed by atoms with Crippen molar-refractivity contribution in [2.75, 3.05) is 13.1 Å². The number of benzene rings is 1. The van der Waals surface area contributed by atoms with Gasteiger partial charge in [-0.05, 0) is 19.4 Å². The zero-order valence-corrected chi connectivity index (χ0v) is 12.5. The summed E-state index contributed by atoms with van der Waals surface area (Å²) in [6.07, 6.45) is 0.725. The lowest BCUT2D eigenvalue weighted by molar-refractivity contribution is 0.472. The second-order valence-corrected chi connectivity index (χ2v) is 7.28. The fraction of sp³-hybridized carbons (Fsp3) is 0.429. The van der Waals surface area contributed by atoms with Crippen LogP contribution in [0.15, 0.2) is 29.2 Å². The van der Waals surface area contributed by atoms with Gasteiger partial charge in [-0.2, -0.15) is 4.31 Å². The lowest BCUT2D eigenvalue weighted by Gasteiger charge is -2.16. The van der Waals surface area contributed by atoms with E-state index in [2.05, 4.69) is 0 Å². The second-order valence-electron chi connectivity index (χ2n) is 5.40. The van der Waals surface area contributed by atoms with Gasteiger partial charge in [0.1, 0.15) is 4.90 Å². The number of nitrogens with two attached hydrogens (primary N) is 1. The largest absolute Gasteiger partial charge is 0.347 e. The molecule has 1 aromatic carbocycles. The number of rotatable bonds is 2. The third kappa shape index (κ3) is 1.87. The molecule has 20 heavy (non-hydrogen) atoms. The minimum absolute atomic E-state index is 0.0555. The monoisotopic (exact) mass is 293 g/mol. The molecular weight excluding hydrogens is 274 g/mol. The normalized spacial score (nSPS) is 20.9. The molecule has 1 aliphatic rings. The van der Waals surface area contributed by atoms with Gasteiger partial charge in [-0.1, -0.05) is 18.2 Å². The van der Waals surface area contributed by atoms with Crippen molar-refractivity contribution in [3.63, 3.8) is 0 Å². The molecule has 1 aliphatic heterocycles. The predicted molar refractivity (Wildman–Crippen MR) is 79.0 cm³/mol.